The van der Waals surface area contributed by atoms with Crippen LogP contribution in [0.5, 0.6) is 0 Å². The van der Waals surface area contributed by atoms with Crippen molar-refractivity contribution >= 4 is 0 Å². The Morgan fingerprint density at radius 3 is 2.36 bits per heavy atom. The minimum atomic E-state index is 0.311. The zero-order chi connectivity index (χ0) is 10.2. The largest absolute Gasteiger partial charge is 0.271 e. The predicted octanol–water partition coefficient (Wildman–Crippen LogP) is 2.24. The molecule has 0 spiro atoms. The lowest BCUT2D eigenvalue weighted by Crippen LogP contribution is -2.30. The van der Waals surface area contributed by atoms with Crippen LogP contribution in [0.2, 0.25) is 0 Å². The SMILES string of the molecule is CC1(C)CC1C(NN)c1ccccc1. The minimum Gasteiger partial charge on any atom is -0.271 e. The zero-order valence-electron chi connectivity index (χ0n) is 8.83. The quantitative estimate of drug-likeness (QED) is 0.566. The first kappa shape index (κ1) is 9.69. The lowest BCUT2D eigenvalue weighted by Gasteiger charge is -2.17. The highest BCUT2D eigenvalue weighted by Crippen LogP contribution is 2.57. The van der Waals surface area contributed by atoms with Gasteiger partial charge in [-0.15, -0.1) is 0 Å². The molecule has 0 amide bonds. The molecule has 2 unspecified atom stereocenters. The molecule has 0 aliphatic heterocycles. The average Bonchev–Trinajstić information content (AvgIpc) is 2.78. The van der Waals surface area contributed by atoms with Crippen LogP contribution >= 0.6 is 0 Å². The summed E-state index contributed by atoms with van der Waals surface area (Å²) in [4.78, 5) is 0. The van der Waals surface area contributed by atoms with Crippen LogP contribution in [0.15, 0.2) is 30.3 Å². The third-order valence-corrected chi connectivity index (χ3v) is 3.33. The summed E-state index contributed by atoms with van der Waals surface area (Å²) >= 11 is 0. The Morgan fingerprint density at radius 2 is 1.93 bits per heavy atom. The number of rotatable bonds is 3. The highest BCUT2D eigenvalue weighted by atomic mass is 15.2. The molecular weight excluding hydrogens is 172 g/mol. The second-order valence-corrected chi connectivity index (χ2v) is 4.85. The van der Waals surface area contributed by atoms with Crippen molar-refractivity contribution in [1.29, 1.82) is 0 Å². The zero-order valence-corrected chi connectivity index (χ0v) is 8.83. The van der Waals surface area contributed by atoms with Gasteiger partial charge in [-0.1, -0.05) is 44.2 Å². The van der Waals surface area contributed by atoms with Crippen LogP contribution in [-0.4, -0.2) is 0 Å². The fraction of sp³-hybridized carbons (Fsp3) is 0.500. The van der Waals surface area contributed by atoms with E-state index in [0.717, 1.165) is 0 Å². The predicted molar refractivity (Wildman–Crippen MR) is 58.4 cm³/mol. The van der Waals surface area contributed by atoms with Crippen LogP contribution in [-0.2, 0) is 0 Å². The Kier molecular flexibility index (Phi) is 2.33. The van der Waals surface area contributed by atoms with Crippen LogP contribution in [0.1, 0.15) is 31.9 Å². The molecule has 0 bridgehead atoms. The maximum Gasteiger partial charge on any atom is 0.0493 e. The van der Waals surface area contributed by atoms with Gasteiger partial charge in [0.05, 0.1) is 0 Å². The van der Waals surface area contributed by atoms with Crippen LogP contribution in [0, 0.1) is 11.3 Å². The van der Waals surface area contributed by atoms with Crippen molar-refractivity contribution in [1.82, 2.24) is 5.43 Å². The van der Waals surface area contributed by atoms with Gasteiger partial charge >= 0.3 is 0 Å². The van der Waals surface area contributed by atoms with E-state index in [2.05, 4.69) is 43.5 Å². The van der Waals surface area contributed by atoms with Crippen molar-refractivity contribution in [3.05, 3.63) is 35.9 Å². The Hall–Kier alpha value is -0.860. The summed E-state index contributed by atoms with van der Waals surface area (Å²) in [6.07, 6.45) is 1.26. The molecule has 1 fully saturated rings. The summed E-state index contributed by atoms with van der Waals surface area (Å²) in [5, 5.41) is 0. The number of hydrazine groups is 1. The van der Waals surface area contributed by atoms with Gasteiger partial charge in [0, 0.05) is 6.04 Å². The van der Waals surface area contributed by atoms with Gasteiger partial charge in [0.15, 0.2) is 0 Å². The Balaban J connectivity index is 2.16. The molecule has 1 aliphatic carbocycles. The second kappa shape index (κ2) is 3.37. The Labute approximate surface area is 85.5 Å². The first-order chi connectivity index (χ1) is 6.65. The van der Waals surface area contributed by atoms with Crippen molar-refractivity contribution in [2.24, 2.45) is 17.2 Å². The number of benzene rings is 1. The van der Waals surface area contributed by atoms with Gasteiger partial charge in [-0.3, -0.25) is 11.3 Å². The van der Waals surface area contributed by atoms with Crippen molar-refractivity contribution in [2.45, 2.75) is 26.3 Å². The molecule has 0 radical (unpaired) electrons. The molecule has 1 saturated carbocycles. The molecule has 0 saturated heterocycles. The first-order valence-electron chi connectivity index (χ1n) is 5.16. The molecule has 2 heteroatoms. The van der Waals surface area contributed by atoms with E-state index in [-0.39, 0.29) is 0 Å². The number of nitrogens with two attached hydrogens (primary N) is 1. The molecule has 3 N–H and O–H groups in total. The highest BCUT2D eigenvalue weighted by molar-refractivity contribution is 5.22. The summed E-state index contributed by atoms with van der Waals surface area (Å²) < 4.78 is 0. The molecule has 14 heavy (non-hydrogen) atoms. The van der Waals surface area contributed by atoms with E-state index in [1.165, 1.54) is 12.0 Å². The lowest BCUT2D eigenvalue weighted by atomic mass is 9.98. The number of hydrogen-bond donors (Lipinski definition) is 2. The summed E-state index contributed by atoms with van der Waals surface area (Å²) in [7, 11) is 0. The van der Waals surface area contributed by atoms with E-state index in [0.29, 0.717) is 17.4 Å². The van der Waals surface area contributed by atoms with E-state index < -0.39 is 0 Å². The van der Waals surface area contributed by atoms with Crippen LogP contribution in [0.25, 0.3) is 0 Å². The molecule has 1 aliphatic rings. The van der Waals surface area contributed by atoms with Gasteiger partial charge in [-0.25, -0.2) is 0 Å². The van der Waals surface area contributed by atoms with Gasteiger partial charge in [0.2, 0.25) is 0 Å². The first-order valence-corrected chi connectivity index (χ1v) is 5.16. The molecule has 2 atom stereocenters. The third-order valence-electron chi connectivity index (χ3n) is 3.33. The highest BCUT2D eigenvalue weighted by Gasteiger charge is 2.50. The van der Waals surface area contributed by atoms with Gasteiger partial charge < -0.3 is 0 Å². The summed E-state index contributed by atoms with van der Waals surface area (Å²) in [5.41, 5.74) is 4.68. The lowest BCUT2D eigenvalue weighted by molar-refractivity contribution is 0.423. The monoisotopic (exact) mass is 190 g/mol. The van der Waals surface area contributed by atoms with Gasteiger partial charge in [-0.05, 0) is 23.3 Å². The average molecular weight is 190 g/mol. The molecule has 1 aromatic rings. The van der Waals surface area contributed by atoms with Crippen LogP contribution in [0.3, 0.4) is 0 Å². The number of hydrogen-bond acceptors (Lipinski definition) is 2. The fourth-order valence-electron chi connectivity index (χ4n) is 2.18. The smallest absolute Gasteiger partial charge is 0.0493 e. The topological polar surface area (TPSA) is 38.0 Å². The van der Waals surface area contributed by atoms with Crippen LogP contribution < -0.4 is 11.3 Å². The molecular formula is C12H18N2. The van der Waals surface area contributed by atoms with E-state index in [4.69, 9.17) is 5.84 Å². The minimum absolute atomic E-state index is 0.311. The third kappa shape index (κ3) is 1.68. The van der Waals surface area contributed by atoms with Crippen LogP contribution in [0.4, 0.5) is 0 Å². The fourth-order valence-corrected chi connectivity index (χ4v) is 2.18. The molecule has 2 rings (SSSR count). The van der Waals surface area contributed by atoms with Crippen molar-refractivity contribution in [3.8, 4) is 0 Å². The molecule has 0 aromatic heterocycles. The number of nitrogens with one attached hydrogen (secondary N) is 1. The molecule has 2 nitrogen and oxygen atoms in total. The molecule has 1 aromatic carbocycles. The van der Waals surface area contributed by atoms with Gasteiger partial charge in [0.25, 0.3) is 0 Å². The maximum absolute atomic E-state index is 5.62. The van der Waals surface area contributed by atoms with E-state index in [9.17, 15) is 0 Å². The van der Waals surface area contributed by atoms with Gasteiger partial charge in [-0.2, -0.15) is 0 Å². The summed E-state index contributed by atoms with van der Waals surface area (Å²) in [6.45, 7) is 4.59. The van der Waals surface area contributed by atoms with Crippen molar-refractivity contribution < 1.29 is 0 Å². The van der Waals surface area contributed by atoms with E-state index in [1.807, 2.05) is 6.07 Å². The maximum atomic E-state index is 5.62. The molecule has 76 valence electrons. The van der Waals surface area contributed by atoms with E-state index >= 15 is 0 Å². The van der Waals surface area contributed by atoms with Gasteiger partial charge in [0.1, 0.15) is 0 Å². The Morgan fingerprint density at radius 1 is 1.36 bits per heavy atom. The van der Waals surface area contributed by atoms with Crippen molar-refractivity contribution in [2.75, 3.05) is 0 Å². The Bertz CT molecular complexity index is 305. The second-order valence-electron chi connectivity index (χ2n) is 4.85. The van der Waals surface area contributed by atoms with Crippen molar-refractivity contribution in [3.63, 3.8) is 0 Å². The van der Waals surface area contributed by atoms with E-state index in [1.54, 1.807) is 0 Å². The standard InChI is InChI=1S/C12H18N2/c1-12(2)8-10(12)11(14-13)9-6-4-3-5-7-9/h3-7,10-11,14H,8,13H2,1-2H3. The normalized spacial score (nSPS) is 25.8. The summed E-state index contributed by atoms with van der Waals surface area (Å²) in [6, 6.07) is 10.8. The summed E-state index contributed by atoms with van der Waals surface area (Å²) in [5.74, 6) is 6.29. The molecule has 0 heterocycles.